The Morgan fingerprint density at radius 3 is 2.53 bits per heavy atom. The van der Waals surface area contributed by atoms with Gasteiger partial charge in [0.1, 0.15) is 11.6 Å². The van der Waals surface area contributed by atoms with Crippen molar-refractivity contribution in [3.05, 3.63) is 53.8 Å². The van der Waals surface area contributed by atoms with Gasteiger partial charge >= 0.3 is 0 Å². The molecule has 0 aliphatic carbocycles. The Labute approximate surface area is 99.8 Å². The molecule has 2 aromatic rings. The third-order valence-corrected chi connectivity index (χ3v) is 2.66. The molecule has 0 unspecified atom stereocenters. The van der Waals surface area contributed by atoms with Crippen molar-refractivity contribution in [2.24, 2.45) is 5.73 Å². The molecular formula is C14H14FNO. The molecule has 0 aliphatic heterocycles. The predicted octanol–water partition coefficient (Wildman–Crippen LogP) is 2.96. The standard InChI is InChI=1S/C14H14FNO/c1-17-14-6-5-11(7-12(14)9-16)10-3-2-4-13(15)8-10/h2-8H,9,16H2,1H3. The average molecular weight is 231 g/mol. The van der Waals surface area contributed by atoms with E-state index >= 15 is 0 Å². The summed E-state index contributed by atoms with van der Waals surface area (Å²) in [6.07, 6.45) is 0. The molecule has 0 aliphatic rings. The Hall–Kier alpha value is -1.87. The highest BCUT2D eigenvalue weighted by Gasteiger charge is 2.05. The molecule has 3 heteroatoms. The van der Waals surface area contributed by atoms with Gasteiger partial charge in [-0.3, -0.25) is 0 Å². The van der Waals surface area contributed by atoms with Crippen LogP contribution in [0.3, 0.4) is 0 Å². The number of ether oxygens (including phenoxy) is 1. The quantitative estimate of drug-likeness (QED) is 0.881. The van der Waals surface area contributed by atoms with Crippen molar-refractivity contribution in [2.75, 3.05) is 7.11 Å². The van der Waals surface area contributed by atoms with Gasteiger partial charge < -0.3 is 10.5 Å². The van der Waals surface area contributed by atoms with E-state index in [1.165, 1.54) is 12.1 Å². The summed E-state index contributed by atoms with van der Waals surface area (Å²) in [4.78, 5) is 0. The summed E-state index contributed by atoms with van der Waals surface area (Å²) in [7, 11) is 1.61. The molecule has 17 heavy (non-hydrogen) atoms. The number of benzene rings is 2. The molecule has 2 N–H and O–H groups in total. The minimum atomic E-state index is -0.243. The second-order valence-electron chi connectivity index (χ2n) is 3.74. The van der Waals surface area contributed by atoms with Crippen molar-refractivity contribution in [3.8, 4) is 16.9 Å². The number of nitrogens with two attached hydrogens (primary N) is 1. The highest BCUT2D eigenvalue weighted by Crippen LogP contribution is 2.26. The summed E-state index contributed by atoms with van der Waals surface area (Å²) in [6, 6.07) is 12.2. The van der Waals surface area contributed by atoms with Gasteiger partial charge in [0.25, 0.3) is 0 Å². The van der Waals surface area contributed by atoms with E-state index in [1.54, 1.807) is 13.2 Å². The zero-order valence-corrected chi connectivity index (χ0v) is 9.61. The van der Waals surface area contributed by atoms with Crippen LogP contribution < -0.4 is 10.5 Å². The maximum Gasteiger partial charge on any atom is 0.123 e. The van der Waals surface area contributed by atoms with E-state index in [2.05, 4.69) is 0 Å². The van der Waals surface area contributed by atoms with Gasteiger partial charge in [0.05, 0.1) is 7.11 Å². The second kappa shape index (κ2) is 4.97. The molecule has 0 bridgehead atoms. The lowest BCUT2D eigenvalue weighted by molar-refractivity contribution is 0.410. The van der Waals surface area contributed by atoms with Gasteiger partial charge in [0.2, 0.25) is 0 Å². The van der Waals surface area contributed by atoms with E-state index in [0.29, 0.717) is 6.54 Å². The molecule has 0 fully saturated rings. The molecule has 0 spiro atoms. The van der Waals surface area contributed by atoms with Crippen LogP contribution >= 0.6 is 0 Å². The van der Waals surface area contributed by atoms with E-state index in [9.17, 15) is 4.39 Å². The molecule has 0 saturated carbocycles. The Morgan fingerprint density at radius 2 is 1.88 bits per heavy atom. The van der Waals surface area contributed by atoms with Crippen LogP contribution in [0.15, 0.2) is 42.5 Å². The van der Waals surface area contributed by atoms with E-state index in [1.807, 2.05) is 24.3 Å². The van der Waals surface area contributed by atoms with Gasteiger partial charge in [-0.1, -0.05) is 18.2 Å². The maximum absolute atomic E-state index is 13.1. The SMILES string of the molecule is COc1ccc(-c2cccc(F)c2)cc1CN. The van der Waals surface area contributed by atoms with E-state index in [0.717, 1.165) is 22.4 Å². The Morgan fingerprint density at radius 1 is 1.12 bits per heavy atom. The monoisotopic (exact) mass is 231 g/mol. The lowest BCUT2D eigenvalue weighted by Gasteiger charge is -2.09. The van der Waals surface area contributed by atoms with Crippen LogP contribution in [-0.2, 0) is 6.54 Å². The van der Waals surface area contributed by atoms with Crippen LogP contribution in [-0.4, -0.2) is 7.11 Å². The summed E-state index contributed by atoms with van der Waals surface area (Å²) in [5.74, 6) is 0.514. The fraction of sp³-hybridized carbons (Fsp3) is 0.143. The summed E-state index contributed by atoms with van der Waals surface area (Å²) >= 11 is 0. The van der Waals surface area contributed by atoms with Gasteiger partial charge in [0, 0.05) is 12.1 Å². The van der Waals surface area contributed by atoms with Crippen molar-refractivity contribution < 1.29 is 9.13 Å². The largest absolute Gasteiger partial charge is 0.496 e. The van der Waals surface area contributed by atoms with Crippen molar-refractivity contribution >= 4 is 0 Å². The molecule has 2 rings (SSSR count). The number of halogens is 1. The van der Waals surface area contributed by atoms with E-state index < -0.39 is 0 Å². The van der Waals surface area contributed by atoms with E-state index in [4.69, 9.17) is 10.5 Å². The first-order chi connectivity index (χ1) is 8.24. The lowest BCUT2D eigenvalue weighted by atomic mass is 10.0. The fourth-order valence-electron chi connectivity index (χ4n) is 1.79. The molecule has 0 atom stereocenters. The Balaban J connectivity index is 2.46. The van der Waals surface area contributed by atoms with Gasteiger partial charge in [-0.15, -0.1) is 0 Å². The number of hydrogen-bond donors (Lipinski definition) is 1. The van der Waals surface area contributed by atoms with E-state index in [-0.39, 0.29) is 5.82 Å². The first-order valence-electron chi connectivity index (χ1n) is 5.37. The zero-order valence-electron chi connectivity index (χ0n) is 9.61. The van der Waals surface area contributed by atoms with Gasteiger partial charge in [-0.25, -0.2) is 4.39 Å². The van der Waals surface area contributed by atoms with Gasteiger partial charge in [-0.05, 0) is 35.4 Å². The molecule has 88 valence electrons. The molecule has 2 aromatic carbocycles. The smallest absolute Gasteiger partial charge is 0.123 e. The van der Waals surface area contributed by atoms with Crippen molar-refractivity contribution in [1.82, 2.24) is 0 Å². The highest BCUT2D eigenvalue weighted by molar-refractivity contribution is 5.65. The van der Waals surface area contributed by atoms with Crippen LogP contribution in [0.25, 0.3) is 11.1 Å². The maximum atomic E-state index is 13.1. The highest BCUT2D eigenvalue weighted by atomic mass is 19.1. The minimum absolute atomic E-state index is 0.243. The van der Waals surface area contributed by atoms with Gasteiger partial charge in [0.15, 0.2) is 0 Å². The fourth-order valence-corrected chi connectivity index (χ4v) is 1.79. The summed E-state index contributed by atoms with van der Waals surface area (Å²) in [5, 5.41) is 0. The zero-order chi connectivity index (χ0) is 12.3. The predicted molar refractivity (Wildman–Crippen MR) is 66.3 cm³/mol. The lowest BCUT2D eigenvalue weighted by Crippen LogP contribution is -2.00. The molecule has 0 aromatic heterocycles. The van der Waals surface area contributed by atoms with Crippen LogP contribution in [0.5, 0.6) is 5.75 Å². The summed E-state index contributed by atoms with van der Waals surface area (Å²) in [6.45, 7) is 0.395. The topological polar surface area (TPSA) is 35.2 Å². The molecule has 0 saturated heterocycles. The van der Waals surface area contributed by atoms with Crippen LogP contribution in [0.1, 0.15) is 5.56 Å². The Kier molecular flexibility index (Phi) is 3.40. The minimum Gasteiger partial charge on any atom is -0.496 e. The number of hydrogen-bond acceptors (Lipinski definition) is 2. The van der Waals surface area contributed by atoms with Crippen LogP contribution in [0.2, 0.25) is 0 Å². The summed E-state index contributed by atoms with van der Waals surface area (Å²) in [5.41, 5.74) is 8.33. The van der Waals surface area contributed by atoms with Crippen LogP contribution in [0, 0.1) is 5.82 Å². The second-order valence-corrected chi connectivity index (χ2v) is 3.74. The molecule has 2 nitrogen and oxygen atoms in total. The molecule has 0 radical (unpaired) electrons. The molecular weight excluding hydrogens is 217 g/mol. The van der Waals surface area contributed by atoms with Crippen molar-refractivity contribution in [2.45, 2.75) is 6.54 Å². The Bertz CT molecular complexity index is 525. The number of methoxy groups -OCH3 is 1. The molecule has 0 heterocycles. The first-order valence-corrected chi connectivity index (χ1v) is 5.37. The van der Waals surface area contributed by atoms with Crippen molar-refractivity contribution in [3.63, 3.8) is 0 Å². The first kappa shape index (κ1) is 11.6. The van der Waals surface area contributed by atoms with Crippen molar-refractivity contribution in [1.29, 1.82) is 0 Å². The van der Waals surface area contributed by atoms with Crippen LogP contribution in [0.4, 0.5) is 4.39 Å². The third kappa shape index (κ3) is 2.45. The normalized spacial score (nSPS) is 10.3. The molecule has 0 amide bonds. The average Bonchev–Trinajstić information content (AvgIpc) is 2.38. The summed E-state index contributed by atoms with van der Waals surface area (Å²) < 4.78 is 18.3. The number of rotatable bonds is 3. The third-order valence-electron chi connectivity index (χ3n) is 2.66. The van der Waals surface area contributed by atoms with Gasteiger partial charge in [-0.2, -0.15) is 0 Å².